The highest BCUT2D eigenvalue weighted by atomic mass is 35.5. The molecule has 0 unspecified atom stereocenters. The third-order valence-electron chi connectivity index (χ3n) is 6.65. The van der Waals surface area contributed by atoms with Gasteiger partial charge in [-0.25, -0.2) is 4.79 Å². The number of carbonyl (C=O) groups is 3. The zero-order chi connectivity index (χ0) is 24.2. The van der Waals surface area contributed by atoms with E-state index in [4.69, 9.17) is 11.6 Å². The average molecular weight is 489 g/mol. The van der Waals surface area contributed by atoms with Gasteiger partial charge in [0, 0.05) is 43.1 Å². The Balaban J connectivity index is 1.31. The van der Waals surface area contributed by atoms with Crippen LogP contribution in [0, 0.1) is 0 Å². The van der Waals surface area contributed by atoms with Crippen molar-refractivity contribution in [2.45, 2.75) is 51.1 Å². The summed E-state index contributed by atoms with van der Waals surface area (Å²) in [4.78, 5) is 46.5. The molecule has 9 nitrogen and oxygen atoms in total. The van der Waals surface area contributed by atoms with Crippen molar-refractivity contribution in [2.24, 2.45) is 0 Å². The third-order valence-corrected chi connectivity index (χ3v) is 6.90. The topological polar surface area (TPSA) is 88.2 Å². The van der Waals surface area contributed by atoms with Crippen LogP contribution in [0.2, 0.25) is 5.02 Å². The van der Waals surface area contributed by atoms with Gasteiger partial charge in [0.25, 0.3) is 5.91 Å². The summed E-state index contributed by atoms with van der Waals surface area (Å²) in [6.07, 6.45) is 5.75. The first-order valence-corrected chi connectivity index (χ1v) is 12.3. The Kier molecular flexibility index (Phi) is 7.50. The van der Waals surface area contributed by atoms with Crippen molar-refractivity contribution in [1.29, 1.82) is 0 Å². The van der Waals surface area contributed by atoms with Crippen LogP contribution < -0.4 is 10.6 Å². The van der Waals surface area contributed by atoms with Gasteiger partial charge < -0.3 is 30.2 Å². The SMILES string of the molecule is CCCC[C@@H](NC(=O)Nc1ccc(Cl)cc1)C(=O)N1CCC(N2CN3CN(C)C=C3C2=O)CC1. The number of hydrogen-bond acceptors (Lipinski definition) is 5. The maximum absolute atomic E-state index is 13.3. The van der Waals surface area contributed by atoms with Crippen molar-refractivity contribution in [3.05, 3.63) is 41.2 Å². The standard InChI is InChI=1S/C24H33ClN6O3/c1-3-4-5-20(27-24(34)26-18-8-6-17(25)7-9-18)22(32)29-12-10-19(11-13-29)31-16-30-15-28(2)14-21(30)23(31)33/h6-9,14,19-20H,3-5,10-13,15-16H2,1-2H3,(H2,26,27,34)/t20-/m1/s1. The lowest BCUT2D eigenvalue weighted by atomic mass is 10.0. The van der Waals surface area contributed by atoms with E-state index in [-0.39, 0.29) is 17.9 Å². The van der Waals surface area contributed by atoms with E-state index >= 15 is 0 Å². The maximum Gasteiger partial charge on any atom is 0.319 e. The van der Waals surface area contributed by atoms with Crippen LogP contribution in [-0.4, -0.2) is 83.0 Å². The zero-order valence-corrected chi connectivity index (χ0v) is 20.6. The summed E-state index contributed by atoms with van der Waals surface area (Å²) in [6, 6.07) is 5.97. The molecule has 0 aromatic heterocycles. The first kappa shape index (κ1) is 24.2. The fraction of sp³-hybridized carbons (Fsp3) is 0.542. The van der Waals surface area contributed by atoms with E-state index in [1.807, 2.05) is 27.9 Å². The van der Waals surface area contributed by atoms with E-state index in [0.29, 0.717) is 36.9 Å². The lowest BCUT2D eigenvalue weighted by Gasteiger charge is -2.38. The Labute approximate surface area is 205 Å². The molecule has 3 heterocycles. The van der Waals surface area contributed by atoms with Crippen molar-refractivity contribution in [2.75, 3.05) is 38.8 Å². The Morgan fingerprint density at radius 1 is 1.15 bits per heavy atom. The molecule has 0 saturated carbocycles. The number of unbranched alkanes of at least 4 members (excludes halogenated alkanes) is 1. The molecule has 0 spiro atoms. The van der Waals surface area contributed by atoms with Crippen molar-refractivity contribution >= 4 is 35.1 Å². The van der Waals surface area contributed by atoms with Crippen LogP contribution in [0.25, 0.3) is 0 Å². The van der Waals surface area contributed by atoms with E-state index in [1.165, 1.54) is 0 Å². The Morgan fingerprint density at radius 2 is 1.85 bits per heavy atom. The van der Waals surface area contributed by atoms with Crippen LogP contribution in [0.3, 0.4) is 0 Å². The molecule has 4 amide bonds. The molecular formula is C24H33ClN6O3. The van der Waals surface area contributed by atoms with Gasteiger partial charge >= 0.3 is 6.03 Å². The fourth-order valence-electron chi connectivity index (χ4n) is 4.81. The molecule has 1 atom stereocenters. The van der Waals surface area contributed by atoms with Crippen molar-refractivity contribution < 1.29 is 14.4 Å². The lowest BCUT2D eigenvalue weighted by molar-refractivity contribution is -0.135. The zero-order valence-electron chi connectivity index (χ0n) is 19.8. The van der Waals surface area contributed by atoms with Gasteiger partial charge in [-0.1, -0.05) is 31.4 Å². The highest BCUT2D eigenvalue weighted by molar-refractivity contribution is 6.30. The summed E-state index contributed by atoms with van der Waals surface area (Å²) in [5.41, 5.74) is 1.37. The summed E-state index contributed by atoms with van der Waals surface area (Å²) in [5.74, 6) is 0.0198. The Bertz CT molecular complexity index is 945. The number of amides is 4. The van der Waals surface area contributed by atoms with Gasteiger partial charge in [-0.15, -0.1) is 0 Å². The van der Waals surface area contributed by atoms with Crippen LogP contribution in [-0.2, 0) is 9.59 Å². The number of hydrogen-bond donors (Lipinski definition) is 2. The van der Waals surface area contributed by atoms with E-state index < -0.39 is 12.1 Å². The van der Waals surface area contributed by atoms with Crippen molar-refractivity contribution in [3.8, 4) is 0 Å². The predicted molar refractivity (Wildman–Crippen MR) is 131 cm³/mol. The summed E-state index contributed by atoms with van der Waals surface area (Å²) in [6.45, 7) is 4.56. The molecular weight excluding hydrogens is 456 g/mol. The number of likely N-dealkylation sites (tertiary alicyclic amines) is 1. The van der Waals surface area contributed by atoms with Gasteiger partial charge in [-0.3, -0.25) is 9.59 Å². The summed E-state index contributed by atoms with van der Waals surface area (Å²) < 4.78 is 0. The number of urea groups is 1. The predicted octanol–water partition coefficient (Wildman–Crippen LogP) is 2.86. The molecule has 184 valence electrons. The number of nitrogens with zero attached hydrogens (tertiary/aromatic N) is 4. The smallest absolute Gasteiger partial charge is 0.319 e. The van der Waals surface area contributed by atoms with Crippen molar-refractivity contribution in [3.63, 3.8) is 0 Å². The second-order valence-corrected chi connectivity index (χ2v) is 9.66. The van der Waals surface area contributed by atoms with Crippen LogP contribution >= 0.6 is 11.6 Å². The summed E-state index contributed by atoms with van der Waals surface area (Å²) in [7, 11) is 1.96. The molecule has 34 heavy (non-hydrogen) atoms. The van der Waals surface area contributed by atoms with Crippen LogP contribution in [0.4, 0.5) is 10.5 Å². The van der Waals surface area contributed by atoms with E-state index in [2.05, 4.69) is 22.5 Å². The molecule has 3 aliphatic heterocycles. The molecule has 1 aromatic rings. The van der Waals surface area contributed by atoms with Gasteiger partial charge in [-0.05, 0) is 43.5 Å². The Hall–Kier alpha value is -2.94. The van der Waals surface area contributed by atoms with Gasteiger partial charge in [-0.2, -0.15) is 0 Å². The second-order valence-electron chi connectivity index (χ2n) is 9.23. The Morgan fingerprint density at radius 3 is 2.50 bits per heavy atom. The minimum atomic E-state index is -0.580. The van der Waals surface area contributed by atoms with E-state index in [0.717, 1.165) is 38.0 Å². The molecule has 1 aromatic carbocycles. The number of nitrogens with one attached hydrogen (secondary N) is 2. The largest absolute Gasteiger partial charge is 0.361 e. The molecule has 0 radical (unpaired) electrons. The number of rotatable bonds is 7. The molecule has 4 rings (SSSR count). The van der Waals surface area contributed by atoms with Gasteiger partial charge in [0.1, 0.15) is 11.7 Å². The number of anilines is 1. The van der Waals surface area contributed by atoms with Crippen molar-refractivity contribution in [1.82, 2.24) is 24.9 Å². The summed E-state index contributed by atoms with van der Waals surface area (Å²) in [5, 5.41) is 6.22. The quantitative estimate of drug-likeness (QED) is 0.616. The highest BCUT2D eigenvalue weighted by Gasteiger charge is 2.41. The average Bonchev–Trinajstić information content (AvgIpc) is 3.34. The number of piperidine rings is 1. The van der Waals surface area contributed by atoms with Gasteiger partial charge in [0.15, 0.2) is 0 Å². The van der Waals surface area contributed by atoms with Crippen LogP contribution in [0.1, 0.15) is 39.0 Å². The lowest BCUT2D eigenvalue weighted by Crippen LogP contribution is -2.54. The van der Waals surface area contributed by atoms with Gasteiger partial charge in [0.2, 0.25) is 5.91 Å². The highest BCUT2D eigenvalue weighted by Crippen LogP contribution is 2.29. The molecule has 2 saturated heterocycles. The van der Waals surface area contributed by atoms with E-state index in [9.17, 15) is 14.4 Å². The fourth-order valence-corrected chi connectivity index (χ4v) is 4.93. The molecule has 0 aliphatic carbocycles. The molecule has 3 aliphatic rings. The molecule has 2 N–H and O–H groups in total. The normalized spacial score (nSPS) is 19.3. The summed E-state index contributed by atoms with van der Waals surface area (Å²) >= 11 is 5.90. The third kappa shape index (κ3) is 5.41. The molecule has 0 bridgehead atoms. The monoisotopic (exact) mass is 488 g/mol. The van der Waals surface area contributed by atoms with E-state index in [1.54, 1.807) is 24.3 Å². The number of carbonyl (C=O) groups excluding carboxylic acids is 3. The first-order chi connectivity index (χ1) is 16.4. The van der Waals surface area contributed by atoms with Gasteiger partial charge in [0.05, 0.1) is 13.3 Å². The minimum absolute atomic E-state index is 0.0594. The first-order valence-electron chi connectivity index (χ1n) is 12.0. The molecule has 10 heteroatoms. The minimum Gasteiger partial charge on any atom is -0.361 e. The number of halogens is 1. The number of fused-ring (bicyclic) bond motifs is 1. The number of benzene rings is 1. The van der Waals surface area contributed by atoms with Crippen LogP contribution in [0.5, 0.6) is 0 Å². The van der Waals surface area contributed by atoms with Crippen LogP contribution in [0.15, 0.2) is 36.2 Å². The molecule has 2 fully saturated rings. The second kappa shape index (κ2) is 10.5. The maximum atomic E-state index is 13.3.